The van der Waals surface area contributed by atoms with Gasteiger partial charge in [-0.3, -0.25) is 13.8 Å². The molecule has 8 N–H and O–H groups in total. The summed E-state index contributed by atoms with van der Waals surface area (Å²) >= 11 is 0. The van der Waals surface area contributed by atoms with Gasteiger partial charge in [-0.25, -0.2) is 13.8 Å². The number of phosphoric acid groups is 2. The second kappa shape index (κ2) is 14.2. The number of phosphoric ester groups is 2. The number of pyridine rings is 1. The van der Waals surface area contributed by atoms with Crippen LogP contribution in [0, 0.1) is 5.92 Å². The first-order chi connectivity index (χ1) is 22.9. The van der Waals surface area contributed by atoms with Gasteiger partial charge in [0.25, 0.3) is 5.91 Å². The highest BCUT2D eigenvalue weighted by molar-refractivity contribution is 7.61. The number of primary amides is 1. The maximum Gasteiger partial charge on any atom is 0.481 e. The van der Waals surface area contributed by atoms with E-state index in [1.54, 1.807) is 0 Å². The Bertz CT molecular complexity index is 1770. The first kappa shape index (κ1) is 37.1. The van der Waals surface area contributed by atoms with Crippen LogP contribution in [-0.2, 0) is 33.4 Å². The van der Waals surface area contributed by atoms with Gasteiger partial charge in [-0.2, -0.15) is 22.0 Å². The SMILES string of the molecule is NC(=O)c1ccc[n+]([C@@H]2C[C@H](COP(=O)(O)OP(=O)(O)OC[C@@H]3O[C@H](n4cc(-c5ccccc5C(F)(F)F)nn4)[C@@H](O)[C@H]3O)[C@@H](O)[C@H]2O)c1. The summed E-state index contributed by atoms with van der Waals surface area (Å²) in [5, 5.41) is 49.2. The lowest BCUT2D eigenvalue weighted by atomic mass is 10.0. The molecule has 268 valence electrons. The lowest BCUT2D eigenvalue weighted by molar-refractivity contribution is -0.728. The Morgan fingerprint density at radius 3 is 2.35 bits per heavy atom. The minimum atomic E-state index is -5.44. The van der Waals surface area contributed by atoms with Crippen LogP contribution in [0.3, 0.4) is 0 Å². The minimum absolute atomic E-state index is 0.0228. The number of hydrogen-bond donors (Lipinski definition) is 7. The topological polar surface area (TPSA) is 270 Å². The van der Waals surface area contributed by atoms with Crippen LogP contribution in [0.4, 0.5) is 13.2 Å². The fourth-order valence-corrected chi connectivity index (χ4v) is 7.64. The van der Waals surface area contributed by atoms with Gasteiger partial charge in [0.1, 0.15) is 35.7 Å². The molecule has 10 atom stereocenters. The fourth-order valence-electron chi connectivity index (χ4n) is 5.50. The fraction of sp³-hybridized carbons (Fsp3) is 0.462. The van der Waals surface area contributed by atoms with E-state index in [4.69, 9.17) is 15.0 Å². The average molecular weight is 740 g/mol. The monoisotopic (exact) mass is 740 g/mol. The van der Waals surface area contributed by atoms with E-state index < -0.39 is 95.2 Å². The Balaban J connectivity index is 1.16. The van der Waals surface area contributed by atoms with Gasteiger partial charge in [0.15, 0.2) is 24.7 Å². The van der Waals surface area contributed by atoms with Gasteiger partial charge >= 0.3 is 21.8 Å². The van der Waals surface area contributed by atoms with Gasteiger partial charge in [0.05, 0.1) is 31.1 Å². The highest BCUT2D eigenvalue weighted by Crippen LogP contribution is 2.61. The van der Waals surface area contributed by atoms with E-state index in [1.165, 1.54) is 41.2 Å². The summed E-state index contributed by atoms with van der Waals surface area (Å²) in [6.45, 7) is -1.73. The number of aromatic nitrogens is 4. The summed E-state index contributed by atoms with van der Waals surface area (Å²) in [7, 11) is -10.8. The summed E-state index contributed by atoms with van der Waals surface area (Å²) in [5.41, 5.74) is 3.83. The normalized spacial score (nSPS) is 29.8. The van der Waals surface area contributed by atoms with Crippen molar-refractivity contribution in [2.75, 3.05) is 13.2 Å². The van der Waals surface area contributed by atoms with Crippen molar-refractivity contribution in [3.05, 3.63) is 66.1 Å². The first-order valence-corrected chi connectivity index (χ1v) is 17.3. The molecule has 1 saturated carbocycles. The molecule has 2 aliphatic rings. The van der Waals surface area contributed by atoms with Crippen molar-refractivity contribution in [1.82, 2.24) is 15.0 Å². The molecule has 1 aliphatic carbocycles. The Labute approximate surface area is 274 Å². The molecule has 23 heteroatoms. The summed E-state index contributed by atoms with van der Waals surface area (Å²) < 4.78 is 86.7. The van der Waals surface area contributed by atoms with Gasteiger partial charge < -0.3 is 40.7 Å². The van der Waals surface area contributed by atoms with Crippen molar-refractivity contribution < 1.29 is 80.0 Å². The van der Waals surface area contributed by atoms with E-state index >= 15 is 0 Å². The van der Waals surface area contributed by atoms with Crippen LogP contribution in [-0.4, -0.2) is 94.8 Å². The number of nitrogens with two attached hydrogens (primary N) is 1. The number of carbonyl (C=O) groups is 1. The molecule has 1 saturated heterocycles. The molecule has 0 radical (unpaired) electrons. The molecule has 1 aliphatic heterocycles. The van der Waals surface area contributed by atoms with E-state index in [9.17, 15) is 57.3 Å². The number of ether oxygens (including phenoxy) is 1. The lowest BCUT2D eigenvalue weighted by Gasteiger charge is -2.20. The molecule has 2 unspecified atom stereocenters. The number of aliphatic hydroxyl groups excluding tert-OH is 4. The van der Waals surface area contributed by atoms with Crippen LogP contribution >= 0.6 is 15.6 Å². The van der Waals surface area contributed by atoms with Crippen molar-refractivity contribution >= 4 is 21.6 Å². The second-order valence-corrected chi connectivity index (χ2v) is 14.3. The number of benzene rings is 1. The third kappa shape index (κ3) is 8.42. The maximum absolute atomic E-state index is 13.4. The predicted octanol–water partition coefficient (Wildman–Crippen LogP) is 0.203. The van der Waals surface area contributed by atoms with Crippen LogP contribution in [0.5, 0.6) is 0 Å². The number of hydrogen-bond acceptors (Lipinski definition) is 13. The molecule has 3 aromatic rings. The van der Waals surface area contributed by atoms with Crippen LogP contribution in [0.1, 0.15) is 34.6 Å². The predicted molar refractivity (Wildman–Crippen MR) is 153 cm³/mol. The van der Waals surface area contributed by atoms with Crippen molar-refractivity contribution in [1.29, 1.82) is 0 Å². The van der Waals surface area contributed by atoms with Crippen molar-refractivity contribution in [2.24, 2.45) is 11.7 Å². The quantitative estimate of drug-likeness (QED) is 0.0966. The second-order valence-electron chi connectivity index (χ2n) is 11.2. The molecule has 49 heavy (non-hydrogen) atoms. The number of aliphatic hydroxyl groups is 4. The van der Waals surface area contributed by atoms with Crippen molar-refractivity contribution in [3.8, 4) is 11.3 Å². The number of amides is 1. The van der Waals surface area contributed by atoms with Crippen LogP contribution in [0.25, 0.3) is 11.3 Å². The van der Waals surface area contributed by atoms with E-state index in [-0.39, 0.29) is 23.2 Å². The smallest absolute Gasteiger partial charge is 0.390 e. The van der Waals surface area contributed by atoms with Gasteiger partial charge in [0.2, 0.25) is 0 Å². The van der Waals surface area contributed by atoms with Gasteiger partial charge in [0, 0.05) is 24.0 Å². The van der Waals surface area contributed by atoms with E-state index in [2.05, 4.69) is 19.1 Å². The number of rotatable bonds is 12. The highest BCUT2D eigenvalue weighted by Gasteiger charge is 2.49. The van der Waals surface area contributed by atoms with E-state index in [0.717, 1.165) is 23.0 Å². The molecule has 1 aromatic carbocycles. The summed E-state index contributed by atoms with van der Waals surface area (Å²) in [6, 6.07) is 6.64. The first-order valence-electron chi connectivity index (χ1n) is 14.3. The zero-order valence-corrected chi connectivity index (χ0v) is 26.7. The number of nitrogens with zero attached hydrogens (tertiary/aromatic N) is 4. The van der Waals surface area contributed by atoms with Gasteiger partial charge in [-0.05, 0) is 12.1 Å². The van der Waals surface area contributed by atoms with E-state index in [0.29, 0.717) is 0 Å². The molecule has 1 amide bonds. The molecular weight excluding hydrogens is 709 g/mol. The highest BCUT2D eigenvalue weighted by atomic mass is 31.3. The zero-order chi connectivity index (χ0) is 35.9. The minimum Gasteiger partial charge on any atom is -0.390 e. The van der Waals surface area contributed by atoms with Gasteiger partial charge in [-0.1, -0.05) is 23.4 Å². The Hall–Kier alpha value is -3.17. The van der Waals surface area contributed by atoms with Crippen LogP contribution < -0.4 is 10.3 Å². The average Bonchev–Trinajstić information content (AvgIpc) is 3.71. The summed E-state index contributed by atoms with van der Waals surface area (Å²) in [4.78, 5) is 31.6. The molecule has 3 heterocycles. The standard InChI is InChI=1S/C26H30F3N5O13P2/c27-26(28,29)16-6-2-1-5-15(16)17-10-34(32-31-17)25-23(38)22(37)19(46-25)12-45-49(42,43)47-48(40,41)44-11-14-8-18(21(36)20(14)35)33-7-3-4-13(9-33)24(30)39/h1-7,9-10,14,18-23,25,35-38H,8,11-12H2,(H3-,30,39,40,41,42,43)/p+1/t14-,18-,19+,20-,21+,22+,23+,25+/m1/s1. The zero-order valence-electron chi connectivity index (χ0n) is 24.9. The van der Waals surface area contributed by atoms with E-state index in [1.807, 2.05) is 0 Å². The molecule has 5 rings (SSSR count). The number of carbonyl (C=O) groups excluding carboxylic acids is 1. The van der Waals surface area contributed by atoms with Crippen molar-refractivity contribution in [2.45, 2.75) is 55.4 Å². The number of halogens is 3. The third-order valence-corrected chi connectivity index (χ3v) is 10.5. The summed E-state index contributed by atoms with van der Waals surface area (Å²) in [6.07, 6.45) is -10.4. The Kier molecular flexibility index (Phi) is 10.8. The van der Waals surface area contributed by atoms with Crippen molar-refractivity contribution in [3.63, 3.8) is 0 Å². The largest absolute Gasteiger partial charge is 0.481 e. The molecule has 0 bridgehead atoms. The molecule has 2 fully saturated rings. The Morgan fingerprint density at radius 2 is 1.67 bits per heavy atom. The lowest BCUT2D eigenvalue weighted by Crippen LogP contribution is -2.45. The molecule has 2 aromatic heterocycles. The maximum atomic E-state index is 13.4. The molecular formula is C26H31F3N5O13P2+. The van der Waals surface area contributed by atoms with Crippen LogP contribution in [0.15, 0.2) is 55.0 Å². The molecule has 18 nitrogen and oxygen atoms in total. The Morgan fingerprint density at radius 1 is 1.00 bits per heavy atom. The number of alkyl halides is 3. The summed E-state index contributed by atoms with van der Waals surface area (Å²) in [5.74, 6) is -1.72. The third-order valence-electron chi connectivity index (χ3n) is 7.94. The van der Waals surface area contributed by atoms with Crippen LogP contribution in [0.2, 0.25) is 0 Å². The molecule has 0 spiro atoms. The van der Waals surface area contributed by atoms with Gasteiger partial charge in [-0.15, -0.1) is 5.10 Å².